The molecule has 1 aromatic carbocycles. The third-order valence-corrected chi connectivity index (χ3v) is 5.87. The number of urea groups is 1. The maximum atomic E-state index is 12.9. The lowest BCUT2D eigenvalue weighted by atomic mass is 9.94. The number of benzene rings is 1. The Labute approximate surface area is 159 Å². The highest BCUT2D eigenvalue weighted by Crippen LogP contribution is 2.36. The van der Waals surface area contributed by atoms with Crippen LogP contribution < -0.4 is 14.8 Å². The summed E-state index contributed by atoms with van der Waals surface area (Å²) in [7, 11) is 3.14. The lowest BCUT2D eigenvalue weighted by molar-refractivity contribution is -0.140. The van der Waals surface area contributed by atoms with E-state index >= 15 is 0 Å². The van der Waals surface area contributed by atoms with Gasteiger partial charge in [0.2, 0.25) is 5.91 Å². The lowest BCUT2D eigenvalue weighted by Gasteiger charge is -2.36. The zero-order valence-electron chi connectivity index (χ0n) is 15.9. The number of carbonyl (C=O) groups is 2. The van der Waals surface area contributed by atoms with Gasteiger partial charge in [0.25, 0.3) is 0 Å². The maximum absolute atomic E-state index is 12.9. The predicted molar refractivity (Wildman–Crippen MR) is 101 cm³/mol. The van der Waals surface area contributed by atoms with Crippen molar-refractivity contribution >= 4 is 17.6 Å². The van der Waals surface area contributed by atoms with Crippen LogP contribution in [0.15, 0.2) is 18.2 Å². The number of carbonyl (C=O) groups excluding carboxylic acids is 2. The Morgan fingerprint density at radius 1 is 1.11 bits per heavy atom. The zero-order valence-corrected chi connectivity index (χ0v) is 15.9. The quantitative estimate of drug-likeness (QED) is 0.861. The number of methoxy groups -OCH3 is 2. The molecule has 3 heterocycles. The second-order valence-electron chi connectivity index (χ2n) is 7.77. The van der Waals surface area contributed by atoms with Crippen LogP contribution in [0.3, 0.4) is 0 Å². The highest BCUT2D eigenvalue weighted by molar-refractivity contribution is 5.91. The Morgan fingerprint density at radius 2 is 1.89 bits per heavy atom. The minimum Gasteiger partial charge on any atom is -0.493 e. The topological polar surface area (TPSA) is 71.1 Å². The number of nitrogens with zero attached hydrogens (tertiary/aromatic N) is 2. The van der Waals surface area contributed by atoms with Crippen LogP contribution in [-0.4, -0.2) is 61.6 Å². The van der Waals surface area contributed by atoms with E-state index in [0.29, 0.717) is 36.2 Å². The highest BCUT2D eigenvalue weighted by atomic mass is 16.5. The first-order valence-corrected chi connectivity index (χ1v) is 9.67. The SMILES string of the molecule is COc1ccc(NC(=O)N2C[C@@H]3CC[C@H](C2)N(CC2CC2)C3=O)cc1OC. The van der Waals surface area contributed by atoms with E-state index in [1.54, 1.807) is 37.3 Å². The summed E-state index contributed by atoms with van der Waals surface area (Å²) in [6.07, 6.45) is 4.32. The van der Waals surface area contributed by atoms with Crippen LogP contribution in [0, 0.1) is 11.8 Å². The molecule has 4 aliphatic rings. The predicted octanol–water partition coefficient (Wildman–Crippen LogP) is 2.57. The Morgan fingerprint density at radius 3 is 2.59 bits per heavy atom. The molecule has 2 bridgehead atoms. The summed E-state index contributed by atoms with van der Waals surface area (Å²) in [6, 6.07) is 5.28. The second-order valence-corrected chi connectivity index (χ2v) is 7.77. The summed E-state index contributed by atoms with van der Waals surface area (Å²) < 4.78 is 10.5. The average molecular weight is 373 g/mol. The number of rotatable bonds is 5. The van der Waals surface area contributed by atoms with Gasteiger partial charge in [0.15, 0.2) is 11.5 Å². The summed E-state index contributed by atoms with van der Waals surface area (Å²) in [4.78, 5) is 29.5. The van der Waals surface area contributed by atoms with Crippen molar-refractivity contribution in [3.05, 3.63) is 18.2 Å². The molecular weight excluding hydrogens is 346 g/mol. The Kier molecular flexibility index (Phi) is 4.85. The van der Waals surface area contributed by atoms with Gasteiger partial charge in [-0.3, -0.25) is 4.79 Å². The summed E-state index contributed by atoms with van der Waals surface area (Å²) in [5.74, 6) is 2.02. The van der Waals surface area contributed by atoms with Gasteiger partial charge in [0.05, 0.1) is 20.1 Å². The van der Waals surface area contributed by atoms with E-state index in [4.69, 9.17) is 9.47 Å². The maximum Gasteiger partial charge on any atom is 0.321 e. The van der Waals surface area contributed by atoms with Crippen LogP contribution in [0.5, 0.6) is 11.5 Å². The molecule has 3 saturated heterocycles. The molecule has 2 atom stereocenters. The number of nitrogens with one attached hydrogen (secondary N) is 1. The van der Waals surface area contributed by atoms with Gasteiger partial charge >= 0.3 is 6.03 Å². The van der Waals surface area contributed by atoms with E-state index in [1.807, 2.05) is 0 Å². The molecule has 0 radical (unpaired) electrons. The molecule has 7 heteroatoms. The fraction of sp³-hybridized carbons (Fsp3) is 0.600. The lowest BCUT2D eigenvalue weighted by Crippen LogP contribution is -2.49. The minimum absolute atomic E-state index is 0.0707. The van der Waals surface area contributed by atoms with Crippen molar-refractivity contribution in [3.63, 3.8) is 0 Å². The first-order valence-electron chi connectivity index (χ1n) is 9.67. The van der Waals surface area contributed by atoms with Gasteiger partial charge in [-0.15, -0.1) is 0 Å². The van der Waals surface area contributed by atoms with Crippen LogP contribution >= 0.6 is 0 Å². The van der Waals surface area contributed by atoms with E-state index in [-0.39, 0.29) is 23.9 Å². The normalized spacial score (nSPS) is 24.6. The Bertz CT molecular complexity index is 734. The summed E-state index contributed by atoms with van der Waals surface area (Å²) in [5.41, 5.74) is 0.649. The standard InChI is InChI=1S/C20H27N3O4/c1-26-17-8-6-15(9-18(17)27-2)21-20(25)22-11-14-5-7-16(12-22)23(19(14)24)10-13-3-4-13/h6,8-9,13-14,16H,3-5,7,10-12H2,1-2H3,(H,21,25)/t14-,16+/m0/s1. The molecule has 0 spiro atoms. The smallest absolute Gasteiger partial charge is 0.321 e. The van der Waals surface area contributed by atoms with E-state index in [1.165, 1.54) is 12.8 Å². The van der Waals surface area contributed by atoms with Crippen molar-refractivity contribution in [1.82, 2.24) is 9.80 Å². The van der Waals surface area contributed by atoms with Gasteiger partial charge in [0, 0.05) is 37.4 Å². The molecule has 146 valence electrons. The largest absolute Gasteiger partial charge is 0.493 e. The number of amides is 3. The average Bonchev–Trinajstić information content (AvgIpc) is 3.51. The van der Waals surface area contributed by atoms with Gasteiger partial charge in [-0.05, 0) is 43.7 Å². The van der Waals surface area contributed by atoms with Crippen molar-refractivity contribution < 1.29 is 19.1 Å². The number of hydrogen-bond donors (Lipinski definition) is 1. The summed E-state index contributed by atoms with van der Waals surface area (Å²) >= 11 is 0. The van der Waals surface area contributed by atoms with E-state index in [9.17, 15) is 9.59 Å². The van der Waals surface area contributed by atoms with Crippen molar-refractivity contribution in [3.8, 4) is 11.5 Å². The van der Waals surface area contributed by atoms with Crippen LogP contribution in [0.2, 0.25) is 0 Å². The van der Waals surface area contributed by atoms with Crippen molar-refractivity contribution in [2.75, 3.05) is 39.2 Å². The molecule has 5 rings (SSSR count). The van der Waals surface area contributed by atoms with Gasteiger partial charge in [0.1, 0.15) is 0 Å². The molecule has 1 aromatic rings. The molecule has 3 amide bonds. The molecular formula is C20H27N3O4. The third-order valence-electron chi connectivity index (χ3n) is 5.87. The van der Waals surface area contributed by atoms with E-state index in [2.05, 4.69) is 10.2 Å². The Hall–Kier alpha value is -2.44. The summed E-state index contributed by atoms with van der Waals surface area (Å²) in [6.45, 7) is 1.97. The highest BCUT2D eigenvalue weighted by Gasteiger charge is 2.43. The summed E-state index contributed by atoms with van der Waals surface area (Å²) in [5, 5.41) is 2.94. The monoisotopic (exact) mass is 373 g/mol. The van der Waals surface area contributed by atoms with Crippen molar-refractivity contribution in [1.29, 1.82) is 0 Å². The minimum atomic E-state index is -0.166. The first-order chi connectivity index (χ1) is 13.1. The van der Waals surface area contributed by atoms with Gasteiger partial charge in [-0.25, -0.2) is 4.79 Å². The number of anilines is 1. The second kappa shape index (κ2) is 7.29. The fourth-order valence-electron chi connectivity index (χ4n) is 4.14. The molecule has 0 aromatic heterocycles. The van der Waals surface area contributed by atoms with Crippen LogP contribution in [0.1, 0.15) is 25.7 Å². The molecule has 7 nitrogen and oxygen atoms in total. The molecule has 0 unspecified atom stereocenters. The first kappa shape index (κ1) is 17.9. The van der Waals surface area contributed by atoms with E-state index < -0.39 is 0 Å². The number of hydrogen-bond acceptors (Lipinski definition) is 4. The molecule has 1 aliphatic carbocycles. The van der Waals surface area contributed by atoms with Crippen LogP contribution in [0.4, 0.5) is 10.5 Å². The van der Waals surface area contributed by atoms with Crippen molar-refractivity contribution in [2.24, 2.45) is 11.8 Å². The van der Waals surface area contributed by atoms with E-state index in [0.717, 1.165) is 19.4 Å². The van der Waals surface area contributed by atoms with Gasteiger partial charge in [-0.2, -0.15) is 0 Å². The molecule has 27 heavy (non-hydrogen) atoms. The fourth-order valence-corrected chi connectivity index (χ4v) is 4.14. The molecule has 1 N–H and O–H groups in total. The number of ether oxygens (including phenoxy) is 2. The van der Waals surface area contributed by atoms with Gasteiger partial charge in [-0.1, -0.05) is 0 Å². The number of fused-ring (bicyclic) bond motifs is 4. The molecule has 4 fully saturated rings. The number of piperidine rings is 1. The molecule has 3 aliphatic heterocycles. The zero-order chi connectivity index (χ0) is 19.0. The van der Waals surface area contributed by atoms with Crippen LogP contribution in [-0.2, 0) is 4.79 Å². The van der Waals surface area contributed by atoms with Gasteiger partial charge < -0.3 is 24.6 Å². The Balaban J connectivity index is 1.45. The molecule has 1 saturated carbocycles. The third kappa shape index (κ3) is 3.68. The van der Waals surface area contributed by atoms with Crippen LogP contribution in [0.25, 0.3) is 0 Å². The van der Waals surface area contributed by atoms with Crippen molar-refractivity contribution in [2.45, 2.75) is 31.7 Å².